The molecule has 1 unspecified atom stereocenters. The van der Waals surface area contributed by atoms with Crippen molar-refractivity contribution in [3.05, 3.63) is 88.2 Å². The number of H-pyrrole nitrogens is 1. The molecule has 4 amide bonds. The smallest absolute Gasteiger partial charge is 0.409 e. The van der Waals surface area contributed by atoms with Crippen LogP contribution >= 0.6 is 0 Å². The number of amides is 4. The van der Waals surface area contributed by atoms with Crippen molar-refractivity contribution in [1.29, 1.82) is 0 Å². The maximum absolute atomic E-state index is 13.2. The predicted octanol–water partition coefficient (Wildman–Crippen LogP) is 9.34. The number of nitrogens with one attached hydrogen (secondary N) is 2. The van der Waals surface area contributed by atoms with Gasteiger partial charge in [-0.2, -0.15) is 0 Å². The maximum Gasteiger partial charge on any atom is 0.409 e. The van der Waals surface area contributed by atoms with Crippen LogP contribution in [-0.4, -0.2) is 88.6 Å². The third kappa shape index (κ3) is 26.9. The summed E-state index contributed by atoms with van der Waals surface area (Å²) in [7, 11) is 4.55. The lowest BCUT2D eigenvalue weighted by atomic mass is 10.0. The van der Waals surface area contributed by atoms with Crippen molar-refractivity contribution in [2.75, 3.05) is 34.3 Å². The fraction of sp³-hybridized carbons (Fsp3) is 0.500. The number of hydrogen-bond acceptors (Lipinski definition) is 9. The van der Waals surface area contributed by atoms with Gasteiger partial charge in [0.05, 0.1) is 49.2 Å². The zero-order chi connectivity index (χ0) is 51.3. The van der Waals surface area contributed by atoms with Gasteiger partial charge in [0.1, 0.15) is 5.60 Å². The summed E-state index contributed by atoms with van der Waals surface area (Å²) in [6.07, 6.45) is 41.8. The molecule has 0 fully saturated rings. The number of nitrogens with two attached hydrogens (primary N) is 1. The number of terminal acetylenes is 2. The second-order valence-corrected chi connectivity index (χ2v) is 15.1. The summed E-state index contributed by atoms with van der Waals surface area (Å²) in [5.41, 5.74) is 7.66. The summed E-state index contributed by atoms with van der Waals surface area (Å²) >= 11 is 0. The first-order valence-corrected chi connectivity index (χ1v) is 22.6. The Morgan fingerprint density at radius 3 is 2.14 bits per heavy atom. The van der Waals surface area contributed by atoms with Crippen molar-refractivity contribution < 1.29 is 33.1 Å². The van der Waals surface area contributed by atoms with Crippen molar-refractivity contribution in [3.63, 3.8) is 0 Å². The number of carbonyl (C=O) groups excluding carboxylic acids is 4. The maximum atomic E-state index is 13.2. The number of rotatable bonds is 9. The monoisotopic (exact) mass is 916 g/mol. The highest BCUT2D eigenvalue weighted by Crippen LogP contribution is 2.28. The molecule has 0 saturated heterocycles. The number of nitrogens with zero attached hydrogens (tertiary/aromatic N) is 4. The highest BCUT2D eigenvalue weighted by Gasteiger charge is 2.21. The molecule has 0 bridgehead atoms. The topological polar surface area (TPSA) is 186 Å². The Bertz CT molecular complexity index is 2030. The van der Waals surface area contributed by atoms with Crippen LogP contribution in [0, 0.1) is 25.7 Å². The van der Waals surface area contributed by atoms with Crippen LogP contribution in [0.4, 0.5) is 9.59 Å². The molecule has 0 aliphatic heterocycles. The van der Waals surface area contributed by atoms with Crippen LogP contribution in [-0.2, 0) is 19.1 Å². The van der Waals surface area contributed by atoms with Crippen molar-refractivity contribution >= 4 is 41.7 Å². The first-order valence-electron chi connectivity index (χ1n) is 22.6. The Morgan fingerprint density at radius 2 is 1.59 bits per heavy atom. The minimum Gasteiger partial charge on any atom is -0.453 e. The Kier molecular flexibility index (Phi) is 36.5. The van der Waals surface area contributed by atoms with Crippen LogP contribution < -0.4 is 21.7 Å². The van der Waals surface area contributed by atoms with E-state index in [1.165, 1.54) is 18.4 Å². The predicted molar refractivity (Wildman–Crippen MR) is 271 cm³/mol. The average molecular weight is 916 g/mol. The van der Waals surface area contributed by atoms with E-state index < -0.39 is 6.09 Å². The van der Waals surface area contributed by atoms with Gasteiger partial charge in [-0.3, -0.25) is 9.59 Å². The van der Waals surface area contributed by atoms with E-state index in [9.17, 15) is 19.2 Å². The number of allylic oxidation sites excluding steroid dienone is 8. The van der Waals surface area contributed by atoms with Crippen LogP contribution in [0.3, 0.4) is 0 Å². The van der Waals surface area contributed by atoms with Gasteiger partial charge in [0.25, 0.3) is 0 Å². The van der Waals surface area contributed by atoms with E-state index in [1.54, 1.807) is 31.5 Å². The van der Waals surface area contributed by atoms with E-state index >= 15 is 0 Å². The number of fused-ring (bicyclic) bond motifs is 1. The van der Waals surface area contributed by atoms with E-state index in [-0.39, 0.29) is 36.0 Å². The number of imidazole rings is 1. The number of oxazole rings is 1. The fourth-order valence-electron chi connectivity index (χ4n) is 5.50. The number of methoxy groups -OCH3 is 1. The molecule has 0 aromatic carbocycles. The lowest BCUT2D eigenvalue weighted by molar-refractivity contribution is -0.135. The first kappa shape index (κ1) is 63.7. The zero-order valence-electron chi connectivity index (χ0n) is 42.5. The molecule has 14 nitrogen and oxygen atoms in total. The molecule has 0 spiro atoms. The fourth-order valence-corrected chi connectivity index (χ4v) is 5.50. The number of hydrogen-bond donors (Lipinski definition) is 3. The van der Waals surface area contributed by atoms with Gasteiger partial charge in [-0.05, 0) is 89.5 Å². The van der Waals surface area contributed by atoms with Crippen molar-refractivity contribution in [3.8, 4) is 25.7 Å². The Labute approximate surface area is 396 Å². The van der Waals surface area contributed by atoms with Gasteiger partial charge in [-0.25, -0.2) is 19.6 Å². The number of carbonyl (C=O) groups is 4. The molecule has 3 aliphatic rings. The number of ether oxygens (including phenoxy) is 2. The van der Waals surface area contributed by atoms with E-state index in [2.05, 4.69) is 101 Å². The van der Waals surface area contributed by atoms with E-state index in [0.717, 1.165) is 65.2 Å². The lowest BCUT2D eigenvalue weighted by Gasteiger charge is -2.22. The quantitative estimate of drug-likeness (QED) is 0.206. The number of aromatic nitrogens is 3. The van der Waals surface area contributed by atoms with Crippen LogP contribution in [0.15, 0.2) is 70.2 Å². The van der Waals surface area contributed by atoms with Gasteiger partial charge in [0.15, 0.2) is 5.76 Å². The molecule has 0 saturated carbocycles. The van der Waals surface area contributed by atoms with Gasteiger partial charge < -0.3 is 39.7 Å². The number of primary amides is 1. The molecular formula is C52H81N7O7. The Hall–Kier alpha value is -6.54. The molecule has 66 heavy (non-hydrogen) atoms. The molecule has 2 aromatic heterocycles. The van der Waals surface area contributed by atoms with Gasteiger partial charge in [-0.1, -0.05) is 91.3 Å². The molecule has 3 aliphatic carbocycles. The normalized spacial score (nSPS) is 13.9. The molecule has 1 atom stereocenters. The first-order chi connectivity index (χ1) is 31.5. The minimum absolute atomic E-state index is 0.0209. The molecule has 0 radical (unpaired) electrons. The summed E-state index contributed by atoms with van der Waals surface area (Å²) in [6.45, 7) is 22.4. The zero-order valence-corrected chi connectivity index (χ0v) is 42.5. The Morgan fingerprint density at radius 1 is 0.970 bits per heavy atom. The third-order valence-electron chi connectivity index (χ3n) is 8.32. The second-order valence-electron chi connectivity index (χ2n) is 15.1. The van der Waals surface area contributed by atoms with E-state index in [1.807, 2.05) is 80.5 Å². The summed E-state index contributed by atoms with van der Waals surface area (Å²) in [6, 6.07) is 0. The lowest BCUT2D eigenvalue weighted by Crippen LogP contribution is -2.41. The van der Waals surface area contributed by atoms with Crippen molar-refractivity contribution in [2.45, 2.75) is 139 Å². The summed E-state index contributed by atoms with van der Waals surface area (Å²) in [5, 5.41) is 4.99. The molecule has 14 heteroatoms. The molecule has 2 aromatic rings. The molecule has 2 heterocycles. The van der Waals surface area contributed by atoms with Crippen LogP contribution in [0.5, 0.6) is 0 Å². The van der Waals surface area contributed by atoms with Crippen LogP contribution in [0.2, 0.25) is 0 Å². The van der Waals surface area contributed by atoms with Gasteiger partial charge in [-0.15, -0.1) is 25.7 Å². The Balaban J connectivity index is -0.00000127. The molecule has 5 rings (SSSR count). The van der Waals surface area contributed by atoms with Crippen molar-refractivity contribution in [1.82, 2.24) is 30.1 Å². The second kappa shape index (κ2) is 37.8. The molecule has 366 valence electrons. The highest BCUT2D eigenvalue weighted by molar-refractivity contribution is 5.88. The van der Waals surface area contributed by atoms with E-state index in [4.69, 9.17) is 9.15 Å². The molecular weight excluding hydrogens is 835 g/mol. The van der Waals surface area contributed by atoms with Crippen LogP contribution in [0.1, 0.15) is 145 Å². The largest absolute Gasteiger partial charge is 0.453 e. The number of aromatic amines is 1. The van der Waals surface area contributed by atoms with Crippen molar-refractivity contribution in [2.24, 2.45) is 5.73 Å². The average Bonchev–Trinajstić information content (AvgIpc) is 3.87. The van der Waals surface area contributed by atoms with Gasteiger partial charge >= 0.3 is 12.2 Å². The summed E-state index contributed by atoms with van der Waals surface area (Å²) < 4.78 is 15.1. The standard InChI is InChI=1S/C32H37N5O3.C7H15NO2.C3H8.C2H5NO2.2C2H6.2C2H2/c1-3-15-37(31(39)16-23-10-6-4-5-7-11-23)20-30(38)36-27-17-24(12-8-9-22(27)2)29-19-33-32(40-29)25-13-14-26-28(18-25)35-21-34-26;1-7(2,3)10-6(9)8(4)5;1-3-2;1-5-2(3)4;4*1-2/h6,8,10-12,14,17-19,21,25H,3-5,7,9,13,15-16,20H2,1-2H3,(H,34,35)(H,36,38);1-5H3;3H2,1-2H3;1H3,(H2,3,4);2*1-2H3;2*1-2H. The third-order valence-corrected chi connectivity index (χ3v) is 8.32. The van der Waals surface area contributed by atoms with Gasteiger partial charge in [0, 0.05) is 31.9 Å². The SMILES string of the molecule is C#C.C#C.CC.CC.CCC.CCCN(CC(=O)NC1=C(C)CC=CC(c2cnc(C3C=c4[nH]cnc4=CC3)o2)=C1)C(=O)CC1=CCCCC=C1.CN(C)C(=O)OC(C)(C)C.COC(N)=O. The van der Waals surface area contributed by atoms with E-state index in [0.29, 0.717) is 31.0 Å². The highest BCUT2D eigenvalue weighted by atomic mass is 16.6. The molecule has 4 N–H and O–H groups in total. The summed E-state index contributed by atoms with van der Waals surface area (Å²) in [5.74, 6) is 1.08. The van der Waals surface area contributed by atoms with Crippen LogP contribution in [0.25, 0.3) is 17.7 Å². The summed E-state index contributed by atoms with van der Waals surface area (Å²) in [4.78, 5) is 61.6. The minimum atomic E-state index is -0.745. The van der Waals surface area contributed by atoms with Gasteiger partial charge in [0.2, 0.25) is 17.7 Å².